The van der Waals surface area contributed by atoms with Crippen LogP contribution in [0, 0.1) is 13.8 Å². The highest BCUT2D eigenvalue weighted by Crippen LogP contribution is 2.30. The molecule has 0 aliphatic rings. The predicted molar refractivity (Wildman–Crippen MR) is 59.4 cm³/mol. The van der Waals surface area contributed by atoms with Crippen molar-refractivity contribution in [1.29, 1.82) is 0 Å². The average molecular weight is 243 g/mol. The molecule has 0 amide bonds. The number of rotatable bonds is 2. The number of benzene rings is 1. The second-order valence-corrected chi connectivity index (χ2v) is 4.41. The Bertz CT molecular complexity index is 282. The standard InChI is InChI=1S/C11H15BrO/c1-7(2)13-11-9(4)5-8(3)6-10(11)12/h5-7H,1-4H3. The van der Waals surface area contributed by atoms with Gasteiger partial charge in [-0.1, -0.05) is 6.07 Å². The highest BCUT2D eigenvalue weighted by atomic mass is 79.9. The SMILES string of the molecule is Cc1cc(C)c(OC(C)C)c(Br)c1. The summed E-state index contributed by atoms with van der Waals surface area (Å²) in [5.74, 6) is 0.959. The van der Waals surface area contributed by atoms with Crippen LogP contribution in [0.2, 0.25) is 0 Å². The van der Waals surface area contributed by atoms with Crippen LogP contribution in [-0.2, 0) is 0 Å². The first kappa shape index (κ1) is 10.6. The lowest BCUT2D eigenvalue weighted by molar-refractivity contribution is 0.239. The fraction of sp³-hybridized carbons (Fsp3) is 0.455. The van der Waals surface area contributed by atoms with Crippen LogP contribution in [0.5, 0.6) is 5.75 Å². The van der Waals surface area contributed by atoms with E-state index in [9.17, 15) is 0 Å². The van der Waals surface area contributed by atoms with E-state index in [0.717, 1.165) is 10.2 Å². The molecule has 0 aromatic heterocycles. The highest BCUT2D eigenvalue weighted by molar-refractivity contribution is 9.10. The monoisotopic (exact) mass is 242 g/mol. The minimum atomic E-state index is 0.220. The molecule has 1 rings (SSSR count). The molecule has 0 heterocycles. The Morgan fingerprint density at radius 1 is 1.23 bits per heavy atom. The smallest absolute Gasteiger partial charge is 0.136 e. The molecule has 13 heavy (non-hydrogen) atoms. The zero-order valence-corrected chi connectivity index (χ0v) is 10.1. The summed E-state index contributed by atoms with van der Waals surface area (Å²) in [4.78, 5) is 0. The van der Waals surface area contributed by atoms with Crippen molar-refractivity contribution >= 4 is 15.9 Å². The molecule has 1 aromatic rings. The van der Waals surface area contributed by atoms with Crippen molar-refractivity contribution < 1.29 is 4.74 Å². The van der Waals surface area contributed by atoms with Crippen LogP contribution >= 0.6 is 15.9 Å². The summed E-state index contributed by atoms with van der Waals surface area (Å²) in [5.41, 5.74) is 2.43. The lowest BCUT2D eigenvalue weighted by Crippen LogP contribution is -2.07. The van der Waals surface area contributed by atoms with Crippen molar-refractivity contribution in [2.75, 3.05) is 0 Å². The molecule has 0 saturated heterocycles. The summed E-state index contributed by atoms with van der Waals surface area (Å²) in [7, 11) is 0. The summed E-state index contributed by atoms with van der Waals surface area (Å²) < 4.78 is 6.72. The van der Waals surface area contributed by atoms with E-state index in [0.29, 0.717) is 0 Å². The number of hydrogen-bond acceptors (Lipinski definition) is 1. The van der Waals surface area contributed by atoms with Crippen LogP contribution in [0.15, 0.2) is 16.6 Å². The van der Waals surface area contributed by atoms with E-state index >= 15 is 0 Å². The van der Waals surface area contributed by atoms with E-state index in [1.165, 1.54) is 11.1 Å². The molecule has 2 heteroatoms. The number of ether oxygens (including phenoxy) is 1. The normalized spacial score (nSPS) is 10.6. The molecule has 0 aliphatic carbocycles. The van der Waals surface area contributed by atoms with Crippen LogP contribution in [0.25, 0.3) is 0 Å². The van der Waals surface area contributed by atoms with E-state index in [2.05, 4.69) is 41.9 Å². The summed E-state index contributed by atoms with van der Waals surface area (Å²) in [6.07, 6.45) is 0.220. The van der Waals surface area contributed by atoms with Gasteiger partial charge in [0.15, 0.2) is 0 Å². The van der Waals surface area contributed by atoms with Gasteiger partial charge in [-0.15, -0.1) is 0 Å². The maximum atomic E-state index is 5.68. The second kappa shape index (κ2) is 4.14. The first-order chi connectivity index (χ1) is 6.00. The van der Waals surface area contributed by atoms with Crippen LogP contribution in [-0.4, -0.2) is 6.10 Å². The molecule has 1 aromatic carbocycles. The maximum absolute atomic E-state index is 5.68. The summed E-state index contributed by atoms with van der Waals surface area (Å²) >= 11 is 3.50. The van der Waals surface area contributed by atoms with Gasteiger partial charge in [0.05, 0.1) is 10.6 Å². The van der Waals surface area contributed by atoms with Gasteiger partial charge in [-0.2, -0.15) is 0 Å². The molecule has 0 aliphatic heterocycles. The van der Waals surface area contributed by atoms with Crippen LogP contribution in [0.4, 0.5) is 0 Å². The lowest BCUT2D eigenvalue weighted by Gasteiger charge is -2.14. The van der Waals surface area contributed by atoms with Crippen molar-refractivity contribution in [1.82, 2.24) is 0 Å². The van der Waals surface area contributed by atoms with E-state index in [1.807, 2.05) is 13.8 Å². The van der Waals surface area contributed by atoms with Gasteiger partial charge >= 0.3 is 0 Å². The van der Waals surface area contributed by atoms with E-state index < -0.39 is 0 Å². The molecular formula is C11H15BrO. The number of aryl methyl sites for hydroxylation is 2. The summed E-state index contributed by atoms with van der Waals surface area (Å²) in [6, 6.07) is 4.20. The van der Waals surface area contributed by atoms with Gasteiger partial charge in [0.2, 0.25) is 0 Å². The highest BCUT2D eigenvalue weighted by Gasteiger charge is 2.07. The van der Waals surface area contributed by atoms with Gasteiger partial charge < -0.3 is 4.74 Å². The topological polar surface area (TPSA) is 9.23 Å². The number of halogens is 1. The minimum Gasteiger partial charge on any atom is -0.490 e. The van der Waals surface area contributed by atoms with E-state index in [1.54, 1.807) is 0 Å². The molecule has 0 N–H and O–H groups in total. The van der Waals surface area contributed by atoms with Gasteiger partial charge in [0.25, 0.3) is 0 Å². The van der Waals surface area contributed by atoms with Gasteiger partial charge in [0.1, 0.15) is 5.75 Å². The van der Waals surface area contributed by atoms with E-state index in [4.69, 9.17) is 4.74 Å². The van der Waals surface area contributed by atoms with Crippen LogP contribution in [0.1, 0.15) is 25.0 Å². The Balaban J connectivity index is 3.06. The molecule has 1 nitrogen and oxygen atoms in total. The van der Waals surface area contributed by atoms with Crippen molar-refractivity contribution in [2.24, 2.45) is 0 Å². The fourth-order valence-electron chi connectivity index (χ4n) is 1.29. The number of hydrogen-bond donors (Lipinski definition) is 0. The van der Waals surface area contributed by atoms with Crippen molar-refractivity contribution in [3.05, 3.63) is 27.7 Å². The van der Waals surface area contributed by atoms with Crippen molar-refractivity contribution in [2.45, 2.75) is 33.8 Å². The lowest BCUT2D eigenvalue weighted by atomic mass is 10.1. The third-order valence-electron chi connectivity index (χ3n) is 1.73. The third kappa shape index (κ3) is 2.73. The summed E-state index contributed by atoms with van der Waals surface area (Å²) in [5, 5.41) is 0. The molecule has 0 atom stereocenters. The molecule has 72 valence electrons. The Hall–Kier alpha value is -0.500. The molecule has 0 radical (unpaired) electrons. The molecule has 0 spiro atoms. The second-order valence-electron chi connectivity index (χ2n) is 3.56. The predicted octanol–water partition coefficient (Wildman–Crippen LogP) is 3.85. The molecule has 0 saturated carbocycles. The first-order valence-corrected chi connectivity index (χ1v) is 5.23. The van der Waals surface area contributed by atoms with Gasteiger partial charge in [-0.25, -0.2) is 0 Å². The Morgan fingerprint density at radius 2 is 1.85 bits per heavy atom. The maximum Gasteiger partial charge on any atom is 0.136 e. The minimum absolute atomic E-state index is 0.220. The third-order valence-corrected chi connectivity index (χ3v) is 2.32. The van der Waals surface area contributed by atoms with Crippen molar-refractivity contribution in [3.8, 4) is 5.75 Å². The largest absolute Gasteiger partial charge is 0.490 e. The zero-order valence-electron chi connectivity index (χ0n) is 8.52. The van der Waals surface area contributed by atoms with Crippen LogP contribution < -0.4 is 4.74 Å². The first-order valence-electron chi connectivity index (χ1n) is 4.44. The molecular weight excluding hydrogens is 228 g/mol. The molecule has 0 bridgehead atoms. The average Bonchev–Trinajstić information content (AvgIpc) is 1.96. The van der Waals surface area contributed by atoms with Gasteiger partial charge in [-0.3, -0.25) is 0 Å². The fourth-order valence-corrected chi connectivity index (χ4v) is 2.05. The molecule has 0 fully saturated rings. The Labute approximate surface area is 88.2 Å². The van der Waals surface area contributed by atoms with E-state index in [-0.39, 0.29) is 6.10 Å². The zero-order chi connectivity index (χ0) is 10.0. The van der Waals surface area contributed by atoms with Crippen LogP contribution in [0.3, 0.4) is 0 Å². The quantitative estimate of drug-likeness (QED) is 0.766. The van der Waals surface area contributed by atoms with Gasteiger partial charge in [-0.05, 0) is 60.8 Å². The Kier molecular flexibility index (Phi) is 3.37. The molecule has 0 unspecified atom stereocenters. The Morgan fingerprint density at radius 3 is 2.31 bits per heavy atom. The van der Waals surface area contributed by atoms with Gasteiger partial charge in [0, 0.05) is 0 Å². The van der Waals surface area contributed by atoms with Crippen molar-refractivity contribution in [3.63, 3.8) is 0 Å². The summed E-state index contributed by atoms with van der Waals surface area (Å²) in [6.45, 7) is 8.21.